The average Bonchev–Trinajstić information content (AvgIpc) is 2.66. The summed E-state index contributed by atoms with van der Waals surface area (Å²) >= 11 is 1.49. The molecule has 2 aliphatic heterocycles. The minimum absolute atomic E-state index is 0.0570. The van der Waals surface area contributed by atoms with Gasteiger partial charge in [-0.25, -0.2) is 0 Å². The van der Waals surface area contributed by atoms with Crippen LogP contribution in [0.2, 0.25) is 0 Å². The van der Waals surface area contributed by atoms with Crippen molar-refractivity contribution in [2.75, 3.05) is 11.9 Å². The minimum atomic E-state index is -0.389. The van der Waals surface area contributed by atoms with E-state index >= 15 is 0 Å². The Balaban J connectivity index is 1.51. The quantitative estimate of drug-likeness (QED) is 0.902. The third-order valence-corrected chi connectivity index (χ3v) is 6.43. The number of hydrogen-bond acceptors (Lipinski definition) is 3. The summed E-state index contributed by atoms with van der Waals surface area (Å²) in [6.07, 6.45) is 0.876. The van der Waals surface area contributed by atoms with Gasteiger partial charge in [0, 0.05) is 18.0 Å². The van der Waals surface area contributed by atoms with E-state index < -0.39 is 0 Å². The maximum Gasteiger partial charge on any atom is 0.238 e. The predicted molar refractivity (Wildman–Crippen MR) is 99.4 cm³/mol. The summed E-state index contributed by atoms with van der Waals surface area (Å²) in [5, 5.41) is 2.54. The normalized spacial score (nSPS) is 20.3. The van der Waals surface area contributed by atoms with Crippen molar-refractivity contribution in [2.24, 2.45) is 5.92 Å². The first kappa shape index (κ1) is 16.2. The Morgan fingerprint density at radius 3 is 2.72 bits per heavy atom. The van der Waals surface area contributed by atoms with Crippen molar-refractivity contribution < 1.29 is 9.59 Å². The van der Waals surface area contributed by atoms with Crippen molar-refractivity contribution in [3.8, 4) is 0 Å². The molecule has 0 spiro atoms. The van der Waals surface area contributed by atoms with Gasteiger partial charge in [-0.05, 0) is 29.7 Å². The molecule has 0 saturated carbocycles. The fourth-order valence-corrected chi connectivity index (χ4v) is 4.66. The van der Waals surface area contributed by atoms with Crippen molar-refractivity contribution in [3.05, 3.63) is 59.7 Å². The lowest BCUT2D eigenvalue weighted by Crippen LogP contribution is -2.45. The van der Waals surface area contributed by atoms with E-state index in [9.17, 15) is 9.59 Å². The van der Waals surface area contributed by atoms with Gasteiger partial charge in [0.25, 0.3) is 0 Å². The molecule has 5 heteroatoms. The summed E-state index contributed by atoms with van der Waals surface area (Å²) in [5.41, 5.74) is 3.36. The molecule has 2 unspecified atom stereocenters. The van der Waals surface area contributed by atoms with Crippen LogP contribution in [0.3, 0.4) is 0 Å². The molecule has 0 aliphatic carbocycles. The van der Waals surface area contributed by atoms with Crippen molar-refractivity contribution in [2.45, 2.75) is 30.0 Å². The fraction of sp³-hybridized carbons (Fsp3) is 0.300. The Bertz CT molecular complexity index is 836. The third kappa shape index (κ3) is 3.04. The first-order valence-electron chi connectivity index (χ1n) is 8.55. The number of amides is 2. The lowest BCUT2D eigenvalue weighted by Gasteiger charge is -2.34. The number of benzene rings is 2. The van der Waals surface area contributed by atoms with Gasteiger partial charge in [-0.2, -0.15) is 0 Å². The summed E-state index contributed by atoms with van der Waals surface area (Å²) in [4.78, 5) is 28.4. The number of nitrogens with zero attached hydrogens (tertiary/aromatic N) is 1. The summed E-state index contributed by atoms with van der Waals surface area (Å²) < 4.78 is 0. The van der Waals surface area contributed by atoms with E-state index in [1.165, 1.54) is 22.9 Å². The number of carbonyl (C=O) groups excluding carboxylic acids is 2. The van der Waals surface area contributed by atoms with Crippen LogP contribution in [-0.4, -0.2) is 28.5 Å². The van der Waals surface area contributed by atoms with Gasteiger partial charge in [-0.3, -0.25) is 9.59 Å². The number of nitrogens with one attached hydrogen (secondary N) is 1. The molecule has 2 aliphatic rings. The predicted octanol–water partition coefficient (Wildman–Crippen LogP) is 3.32. The van der Waals surface area contributed by atoms with E-state index in [1.54, 1.807) is 0 Å². The molecule has 1 N–H and O–H groups in total. The Hall–Kier alpha value is -2.27. The molecule has 2 aromatic carbocycles. The van der Waals surface area contributed by atoms with Crippen LogP contribution in [0.25, 0.3) is 0 Å². The number of fused-ring (bicyclic) bond motifs is 2. The summed E-state index contributed by atoms with van der Waals surface area (Å²) in [6, 6.07) is 16.0. The highest BCUT2D eigenvalue weighted by atomic mass is 32.2. The molecule has 4 rings (SSSR count). The molecule has 0 fully saturated rings. The Morgan fingerprint density at radius 1 is 1.16 bits per heavy atom. The number of hydrogen-bond donors (Lipinski definition) is 1. The van der Waals surface area contributed by atoms with E-state index in [-0.39, 0.29) is 23.0 Å². The maximum atomic E-state index is 13.0. The highest BCUT2D eigenvalue weighted by Crippen LogP contribution is 2.39. The van der Waals surface area contributed by atoms with Gasteiger partial charge in [0.1, 0.15) is 0 Å². The molecule has 2 amide bonds. The van der Waals surface area contributed by atoms with Crippen molar-refractivity contribution in [1.29, 1.82) is 0 Å². The zero-order chi connectivity index (χ0) is 17.4. The van der Waals surface area contributed by atoms with Crippen LogP contribution in [0.5, 0.6) is 0 Å². The molecular weight excluding hydrogens is 332 g/mol. The third-order valence-electron chi connectivity index (χ3n) is 4.94. The number of rotatable bonds is 2. The van der Waals surface area contributed by atoms with Gasteiger partial charge in [-0.1, -0.05) is 43.3 Å². The van der Waals surface area contributed by atoms with Gasteiger partial charge >= 0.3 is 0 Å². The van der Waals surface area contributed by atoms with Crippen LogP contribution < -0.4 is 5.32 Å². The van der Waals surface area contributed by atoms with E-state index in [0.717, 1.165) is 23.5 Å². The Morgan fingerprint density at radius 2 is 1.88 bits per heavy atom. The van der Waals surface area contributed by atoms with E-state index in [1.807, 2.05) is 48.2 Å². The average molecular weight is 352 g/mol. The molecule has 2 atom stereocenters. The highest BCUT2D eigenvalue weighted by molar-refractivity contribution is 8.01. The highest BCUT2D eigenvalue weighted by Gasteiger charge is 2.37. The zero-order valence-electron chi connectivity index (χ0n) is 14.1. The van der Waals surface area contributed by atoms with Gasteiger partial charge in [0.2, 0.25) is 11.8 Å². The number of carbonyl (C=O) groups is 2. The fourth-order valence-electron chi connectivity index (χ4n) is 3.50. The van der Waals surface area contributed by atoms with Gasteiger partial charge in [0.15, 0.2) is 0 Å². The molecule has 2 aromatic rings. The van der Waals surface area contributed by atoms with Crippen LogP contribution in [-0.2, 0) is 22.6 Å². The van der Waals surface area contributed by atoms with Crippen LogP contribution in [0.4, 0.5) is 5.69 Å². The van der Waals surface area contributed by atoms with Gasteiger partial charge in [0.05, 0.1) is 16.9 Å². The molecule has 0 radical (unpaired) electrons. The van der Waals surface area contributed by atoms with Crippen LogP contribution in [0.1, 0.15) is 18.1 Å². The van der Waals surface area contributed by atoms with E-state index in [2.05, 4.69) is 17.4 Å². The smallest absolute Gasteiger partial charge is 0.238 e. The maximum absolute atomic E-state index is 13.0. The summed E-state index contributed by atoms with van der Waals surface area (Å²) in [7, 11) is 0. The molecule has 0 aromatic heterocycles. The van der Waals surface area contributed by atoms with E-state index in [0.29, 0.717) is 6.54 Å². The first-order chi connectivity index (χ1) is 12.1. The second-order valence-corrected chi connectivity index (χ2v) is 7.77. The topological polar surface area (TPSA) is 49.4 Å². The number of thioether (sulfide) groups is 1. The van der Waals surface area contributed by atoms with Gasteiger partial charge < -0.3 is 10.2 Å². The zero-order valence-corrected chi connectivity index (χ0v) is 14.9. The van der Waals surface area contributed by atoms with Crippen molar-refractivity contribution >= 4 is 29.3 Å². The lowest BCUT2D eigenvalue weighted by atomic mass is 9.97. The second kappa shape index (κ2) is 6.56. The van der Waals surface area contributed by atoms with Crippen molar-refractivity contribution in [1.82, 2.24) is 4.90 Å². The van der Waals surface area contributed by atoms with Gasteiger partial charge in [-0.15, -0.1) is 11.8 Å². The summed E-state index contributed by atoms with van der Waals surface area (Å²) in [6.45, 7) is 3.22. The minimum Gasteiger partial charge on any atom is -0.338 e. The molecule has 0 saturated heterocycles. The molecule has 4 nitrogen and oxygen atoms in total. The largest absolute Gasteiger partial charge is 0.338 e. The van der Waals surface area contributed by atoms with Crippen molar-refractivity contribution in [3.63, 3.8) is 0 Å². The molecule has 25 heavy (non-hydrogen) atoms. The van der Waals surface area contributed by atoms with E-state index in [4.69, 9.17) is 0 Å². The number of anilines is 1. The SMILES string of the molecule is CC(C(=O)N1CCc2ccccc2C1)C1Sc2ccccc2NC1=O. The molecule has 2 heterocycles. The molecular formula is C20H20N2O2S. The second-order valence-electron chi connectivity index (χ2n) is 6.59. The molecule has 0 bridgehead atoms. The standard InChI is InChI=1S/C20H20N2O2S/c1-13(18-19(23)21-16-8-4-5-9-17(16)25-18)20(24)22-11-10-14-6-2-3-7-15(14)12-22/h2-9,13,18H,10-12H2,1H3,(H,21,23). The monoisotopic (exact) mass is 352 g/mol. The molecule has 128 valence electrons. The summed E-state index contributed by atoms with van der Waals surface area (Å²) in [5.74, 6) is -0.382. The first-order valence-corrected chi connectivity index (χ1v) is 9.43. The lowest BCUT2D eigenvalue weighted by molar-refractivity contribution is -0.137. The number of para-hydroxylation sites is 1. The Labute approximate surface area is 151 Å². The van der Waals surface area contributed by atoms with Crippen LogP contribution in [0, 0.1) is 5.92 Å². The Kier molecular flexibility index (Phi) is 4.25. The van der Waals surface area contributed by atoms with Crippen LogP contribution in [0.15, 0.2) is 53.4 Å². The van der Waals surface area contributed by atoms with Crippen LogP contribution >= 0.6 is 11.8 Å².